The number of halogens is 3. The maximum Gasteiger partial charge on any atom is 0.257 e. The smallest absolute Gasteiger partial charge is 0.257 e. The number of nitrogen functional groups attached to an aromatic ring is 1. The fourth-order valence-corrected chi connectivity index (χ4v) is 5.07. The molecular formula is C23H15Cl2FN4O2S. The van der Waals surface area contributed by atoms with E-state index in [1.165, 1.54) is 28.2 Å². The molecule has 10 heteroatoms. The molecule has 166 valence electrons. The van der Waals surface area contributed by atoms with Gasteiger partial charge in [-0.05, 0) is 24.3 Å². The molecule has 0 saturated heterocycles. The van der Waals surface area contributed by atoms with Gasteiger partial charge in [-0.2, -0.15) is 5.10 Å². The van der Waals surface area contributed by atoms with Gasteiger partial charge in [-0.15, -0.1) is 11.3 Å². The first-order valence-corrected chi connectivity index (χ1v) is 11.3. The van der Waals surface area contributed by atoms with Crippen LogP contribution in [-0.2, 0) is 7.05 Å². The van der Waals surface area contributed by atoms with Gasteiger partial charge in [0.25, 0.3) is 5.91 Å². The normalized spacial score (nSPS) is 11.3. The molecule has 0 saturated carbocycles. The number of aromatic nitrogens is 2. The van der Waals surface area contributed by atoms with Crippen LogP contribution in [0.1, 0.15) is 10.4 Å². The molecule has 5 aromatic rings. The molecule has 2 heterocycles. The minimum Gasteiger partial charge on any atom is -0.453 e. The number of fused-ring (bicyclic) bond motifs is 2. The quantitative estimate of drug-likeness (QED) is 0.282. The number of carbonyl (C=O) groups excluding carboxylic acids is 1. The Morgan fingerprint density at radius 1 is 1.18 bits per heavy atom. The largest absolute Gasteiger partial charge is 0.453 e. The predicted octanol–water partition coefficient (Wildman–Crippen LogP) is 6.86. The molecule has 1 amide bonds. The highest BCUT2D eigenvalue weighted by Gasteiger charge is 2.23. The second-order valence-electron chi connectivity index (χ2n) is 7.24. The zero-order chi connectivity index (χ0) is 23.3. The van der Waals surface area contributed by atoms with Crippen molar-refractivity contribution in [1.29, 1.82) is 0 Å². The van der Waals surface area contributed by atoms with Crippen LogP contribution in [0.15, 0.2) is 53.9 Å². The van der Waals surface area contributed by atoms with Crippen molar-refractivity contribution in [2.24, 2.45) is 7.05 Å². The minimum absolute atomic E-state index is 0.0556. The third kappa shape index (κ3) is 3.76. The summed E-state index contributed by atoms with van der Waals surface area (Å²) < 4.78 is 22.4. The molecule has 3 N–H and O–H groups in total. The Hall–Kier alpha value is -3.33. The average molecular weight is 501 g/mol. The van der Waals surface area contributed by atoms with Crippen molar-refractivity contribution in [3.05, 3.63) is 75.3 Å². The molecule has 0 aliphatic heterocycles. The van der Waals surface area contributed by atoms with Gasteiger partial charge in [0.05, 0.1) is 32.2 Å². The first-order valence-electron chi connectivity index (χ1n) is 9.68. The maximum absolute atomic E-state index is 13.9. The predicted molar refractivity (Wildman–Crippen MR) is 131 cm³/mol. The number of carbonyl (C=O) groups is 1. The van der Waals surface area contributed by atoms with Crippen LogP contribution in [0.4, 0.5) is 15.9 Å². The molecule has 2 aromatic heterocycles. The number of anilines is 2. The Morgan fingerprint density at radius 3 is 2.79 bits per heavy atom. The zero-order valence-electron chi connectivity index (χ0n) is 17.0. The first-order chi connectivity index (χ1) is 15.8. The number of nitrogens with two attached hydrogens (primary N) is 1. The molecule has 5 rings (SSSR count). The van der Waals surface area contributed by atoms with Gasteiger partial charge in [0.1, 0.15) is 11.6 Å². The van der Waals surface area contributed by atoms with Crippen LogP contribution in [-0.4, -0.2) is 15.7 Å². The summed E-state index contributed by atoms with van der Waals surface area (Å²) in [4.78, 5) is 13.2. The van der Waals surface area contributed by atoms with Crippen LogP contribution in [0, 0.1) is 5.82 Å². The van der Waals surface area contributed by atoms with Crippen LogP contribution >= 0.6 is 34.5 Å². The van der Waals surface area contributed by atoms with Gasteiger partial charge in [-0.3, -0.25) is 9.48 Å². The lowest BCUT2D eigenvalue weighted by Gasteiger charge is -2.16. The number of aryl methyl sites for hydroxylation is 1. The van der Waals surface area contributed by atoms with E-state index in [1.807, 2.05) is 24.3 Å². The van der Waals surface area contributed by atoms with Gasteiger partial charge >= 0.3 is 0 Å². The second kappa shape index (κ2) is 8.22. The molecule has 0 aliphatic carbocycles. The van der Waals surface area contributed by atoms with E-state index >= 15 is 0 Å². The summed E-state index contributed by atoms with van der Waals surface area (Å²) in [5.74, 6) is -0.552. The van der Waals surface area contributed by atoms with Crippen molar-refractivity contribution in [3.63, 3.8) is 0 Å². The Labute approximate surface area is 201 Å². The molecule has 3 aromatic carbocycles. The van der Waals surface area contributed by atoms with E-state index in [0.29, 0.717) is 21.5 Å². The van der Waals surface area contributed by atoms with Gasteiger partial charge in [0, 0.05) is 28.6 Å². The van der Waals surface area contributed by atoms with E-state index in [1.54, 1.807) is 18.5 Å². The number of nitrogens with one attached hydrogen (secondary N) is 1. The standard InChI is InChI=1S/C23H15Cl2FN4O2S/c1-30-20-15(25)9-16(28-23(31)13-10-33-18-5-3-2-4-12(13)18)21(19(20)22(27)29-30)32-17-8-11(26)6-7-14(17)24/h2-10H,1H3,(H2,27,29)(H,28,31). The Morgan fingerprint density at radius 2 is 1.97 bits per heavy atom. The molecule has 0 bridgehead atoms. The van der Waals surface area contributed by atoms with E-state index in [-0.39, 0.29) is 33.9 Å². The SMILES string of the molecule is Cn1nc(N)c2c(Oc3cc(F)ccc3Cl)c(NC(=O)c3csc4ccccc34)cc(Cl)c21. The number of amides is 1. The van der Waals surface area contributed by atoms with Crippen LogP contribution < -0.4 is 15.8 Å². The minimum atomic E-state index is -0.533. The van der Waals surface area contributed by atoms with Crippen molar-refractivity contribution in [1.82, 2.24) is 9.78 Å². The molecule has 0 unspecified atom stereocenters. The van der Waals surface area contributed by atoms with E-state index in [9.17, 15) is 9.18 Å². The van der Waals surface area contributed by atoms with Gasteiger partial charge in [-0.25, -0.2) is 4.39 Å². The van der Waals surface area contributed by atoms with E-state index in [4.69, 9.17) is 33.7 Å². The summed E-state index contributed by atoms with van der Waals surface area (Å²) in [6.45, 7) is 0. The summed E-state index contributed by atoms with van der Waals surface area (Å²) in [6.07, 6.45) is 0. The highest BCUT2D eigenvalue weighted by molar-refractivity contribution is 7.17. The first kappa shape index (κ1) is 21.5. The number of hydrogen-bond acceptors (Lipinski definition) is 5. The van der Waals surface area contributed by atoms with Crippen molar-refractivity contribution in [2.75, 3.05) is 11.1 Å². The molecule has 0 atom stereocenters. The number of hydrogen-bond donors (Lipinski definition) is 2. The van der Waals surface area contributed by atoms with E-state index in [2.05, 4.69) is 10.4 Å². The van der Waals surface area contributed by atoms with Crippen LogP contribution in [0.2, 0.25) is 10.0 Å². The second-order valence-corrected chi connectivity index (χ2v) is 8.97. The molecular weight excluding hydrogens is 486 g/mol. The molecule has 0 aliphatic rings. The van der Waals surface area contributed by atoms with Crippen molar-refractivity contribution < 1.29 is 13.9 Å². The topological polar surface area (TPSA) is 82.2 Å². The summed E-state index contributed by atoms with van der Waals surface area (Å²) in [6, 6.07) is 12.9. The maximum atomic E-state index is 13.9. The number of rotatable bonds is 4. The van der Waals surface area contributed by atoms with Crippen LogP contribution in [0.5, 0.6) is 11.5 Å². The number of nitrogens with zero attached hydrogens (tertiary/aromatic N) is 2. The number of thiophene rings is 1. The summed E-state index contributed by atoms with van der Waals surface area (Å²) >= 11 is 14.2. The van der Waals surface area contributed by atoms with Crippen LogP contribution in [0.25, 0.3) is 21.0 Å². The van der Waals surface area contributed by atoms with E-state index < -0.39 is 5.82 Å². The average Bonchev–Trinajstić information content (AvgIpc) is 3.34. The van der Waals surface area contributed by atoms with Gasteiger partial charge in [0.15, 0.2) is 11.6 Å². The lowest BCUT2D eigenvalue weighted by Crippen LogP contribution is -2.12. The number of ether oxygens (including phenoxy) is 1. The van der Waals surface area contributed by atoms with E-state index in [0.717, 1.165) is 16.2 Å². The summed E-state index contributed by atoms with van der Waals surface area (Å²) in [5, 5.41) is 10.5. The lowest BCUT2D eigenvalue weighted by molar-refractivity contribution is 0.102. The van der Waals surface area contributed by atoms with Crippen molar-refractivity contribution in [3.8, 4) is 11.5 Å². The highest BCUT2D eigenvalue weighted by atomic mass is 35.5. The lowest BCUT2D eigenvalue weighted by atomic mass is 10.1. The summed E-state index contributed by atoms with van der Waals surface area (Å²) in [7, 11) is 1.68. The van der Waals surface area contributed by atoms with Crippen molar-refractivity contribution in [2.45, 2.75) is 0 Å². The van der Waals surface area contributed by atoms with Crippen LogP contribution in [0.3, 0.4) is 0 Å². The molecule has 0 fully saturated rings. The fraction of sp³-hybridized carbons (Fsp3) is 0.0435. The Kier molecular flexibility index (Phi) is 5.36. The third-order valence-electron chi connectivity index (χ3n) is 5.12. The molecule has 6 nitrogen and oxygen atoms in total. The summed E-state index contributed by atoms with van der Waals surface area (Å²) in [5.41, 5.74) is 7.39. The Balaban J connectivity index is 1.66. The Bertz CT molecular complexity index is 1560. The van der Waals surface area contributed by atoms with Gasteiger partial charge in [-0.1, -0.05) is 41.4 Å². The molecule has 33 heavy (non-hydrogen) atoms. The van der Waals surface area contributed by atoms with Gasteiger partial charge in [0.2, 0.25) is 0 Å². The zero-order valence-corrected chi connectivity index (χ0v) is 19.4. The highest BCUT2D eigenvalue weighted by Crippen LogP contribution is 2.45. The number of benzene rings is 3. The molecule has 0 spiro atoms. The van der Waals surface area contributed by atoms with Crippen molar-refractivity contribution >= 4 is 72.9 Å². The monoisotopic (exact) mass is 500 g/mol. The third-order valence-corrected chi connectivity index (χ3v) is 6.69. The van der Waals surface area contributed by atoms with Gasteiger partial charge < -0.3 is 15.8 Å². The molecule has 0 radical (unpaired) electrons. The fourth-order valence-electron chi connectivity index (χ4n) is 3.65.